The summed E-state index contributed by atoms with van der Waals surface area (Å²) < 4.78 is 0. The zero-order valence-electron chi connectivity index (χ0n) is 3.20. The number of aliphatic hydroxyl groups excluding tert-OH is 2. The van der Waals surface area contributed by atoms with Crippen molar-refractivity contribution in [2.24, 2.45) is 0 Å². The molecule has 40 valence electrons. The van der Waals surface area contributed by atoms with Crippen LogP contribution in [0.1, 0.15) is 0 Å². The normalized spacial score (nSPS) is 6.00. The van der Waals surface area contributed by atoms with Crippen molar-refractivity contribution >= 4 is 0 Å². The summed E-state index contributed by atoms with van der Waals surface area (Å²) in [6.45, 7) is -0.250. The van der Waals surface area contributed by atoms with E-state index in [-0.39, 0.29) is 13.2 Å². The highest BCUT2D eigenvalue weighted by molar-refractivity contribution is 4.06. The molecule has 4 nitrogen and oxygen atoms in total. The third kappa shape index (κ3) is 43.9. The summed E-state index contributed by atoms with van der Waals surface area (Å²) in [5.41, 5.74) is 0. The van der Waals surface area contributed by atoms with Crippen molar-refractivity contribution in [3.8, 4) is 0 Å². The quantitative estimate of drug-likeness (QED) is 0.249. The average Bonchev–Trinajstić information content (AvgIpc) is 1.72. The maximum atomic E-state index is 7.62. The fourth-order valence-electron chi connectivity index (χ4n) is 0. The van der Waals surface area contributed by atoms with Crippen LogP contribution in [0.3, 0.4) is 0 Å². The Bertz CT molecular complexity index is 7.51. The summed E-state index contributed by atoms with van der Waals surface area (Å²) in [5.74, 6) is 0. The van der Waals surface area contributed by atoms with E-state index in [1.54, 1.807) is 0 Å². The van der Waals surface area contributed by atoms with Crippen LogP contribution in [0.4, 0.5) is 0 Å². The topological polar surface area (TPSA) is 80.9 Å². The molecule has 0 radical (unpaired) electrons. The Morgan fingerprint density at radius 2 is 1.00 bits per heavy atom. The van der Waals surface area contributed by atoms with Crippen molar-refractivity contribution in [1.82, 2.24) is 0 Å². The van der Waals surface area contributed by atoms with E-state index in [1.807, 2.05) is 0 Å². The van der Waals surface area contributed by atoms with E-state index >= 15 is 0 Å². The Morgan fingerprint density at radius 3 is 1.00 bits per heavy atom. The van der Waals surface area contributed by atoms with E-state index in [0.29, 0.717) is 0 Å². The lowest BCUT2D eigenvalue weighted by atomic mass is 10.8. The first kappa shape index (κ1) is 9.28. The second-order valence-electron chi connectivity index (χ2n) is 0.447. The van der Waals surface area contributed by atoms with Crippen LogP contribution in [0.15, 0.2) is 0 Å². The average molecular weight is 96.1 g/mol. The molecule has 0 atom stereocenters. The SMILES string of the molecule is OCCO.OO. The second kappa shape index (κ2) is 21.1. The molecule has 0 aromatic carbocycles. The van der Waals surface area contributed by atoms with Gasteiger partial charge in [0.15, 0.2) is 0 Å². The highest BCUT2D eigenvalue weighted by Gasteiger charge is 1.58. The van der Waals surface area contributed by atoms with Crippen LogP contribution in [0.2, 0.25) is 0 Å². The lowest BCUT2D eigenvalue weighted by Crippen LogP contribution is -1.85. The summed E-state index contributed by atoms with van der Waals surface area (Å²) in [7, 11) is 0. The molecule has 0 aromatic rings. The van der Waals surface area contributed by atoms with Gasteiger partial charge in [-0.15, -0.1) is 0 Å². The maximum absolute atomic E-state index is 7.62. The molecule has 0 heterocycles. The summed E-state index contributed by atoms with van der Waals surface area (Å²) in [4.78, 5) is 0. The molecular formula is C2H8O4. The summed E-state index contributed by atoms with van der Waals surface area (Å²) in [6, 6.07) is 0. The highest BCUT2D eigenvalue weighted by Crippen LogP contribution is 1.39. The standard InChI is InChI=1S/C2H6O2.H2O2/c3-1-2-4;1-2/h3-4H,1-2H2;1-2H. The molecule has 0 rings (SSSR count). The van der Waals surface area contributed by atoms with E-state index in [9.17, 15) is 0 Å². The van der Waals surface area contributed by atoms with Crippen LogP contribution in [0, 0.1) is 0 Å². The molecule has 0 saturated heterocycles. The molecule has 4 heteroatoms. The van der Waals surface area contributed by atoms with Crippen LogP contribution in [0.5, 0.6) is 0 Å². The minimum atomic E-state index is -0.125. The van der Waals surface area contributed by atoms with Gasteiger partial charge in [0.05, 0.1) is 13.2 Å². The molecule has 0 aromatic heterocycles. The van der Waals surface area contributed by atoms with Gasteiger partial charge >= 0.3 is 0 Å². The van der Waals surface area contributed by atoms with Crippen LogP contribution in [-0.4, -0.2) is 33.9 Å². The zero-order chi connectivity index (χ0) is 5.41. The second-order valence-corrected chi connectivity index (χ2v) is 0.447. The van der Waals surface area contributed by atoms with Crippen molar-refractivity contribution in [3.63, 3.8) is 0 Å². The first-order valence-corrected chi connectivity index (χ1v) is 1.33. The lowest BCUT2D eigenvalue weighted by molar-refractivity contribution is -0.176. The Morgan fingerprint density at radius 1 is 0.833 bits per heavy atom. The van der Waals surface area contributed by atoms with E-state index in [0.717, 1.165) is 0 Å². The fraction of sp³-hybridized carbons (Fsp3) is 1.00. The first-order valence-electron chi connectivity index (χ1n) is 1.33. The van der Waals surface area contributed by atoms with Crippen molar-refractivity contribution in [2.75, 3.05) is 13.2 Å². The van der Waals surface area contributed by atoms with E-state index in [4.69, 9.17) is 20.7 Å². The van der Waals surface area contributed by atoms with Gasteiger partial charge in [0.1, 0.15) is 0 Å². The van der Waals surface area contributed by atoms with Gasteiger partial charge in [-0.25, -0.2) is 0 Å². The summed E-state index contributed by atoms with van der Waals surface area (Å²) >= 11 is 0. The lowest BCUT2D eigenvalue weighted by Gasteiger charge is -1.70. The van der Waals surface area contributed by atoms with Gasteiger partial charge in [-0.05, 0) is 0 Å². The smallest absolute Gasteiger partial charge is 0.0662 e. The molecule has 0 spiro atoms. The van der Waals surface area contributed by atoms with Gasteiger partial charge in [0, 0.05) is 0 Å². The number of rotatable bonds is 1. The third-order valence-corrected chi connectivity index (χ3v) is 0.1000. The molecule has 0 fully saturated rings. The molecule has 0 amide bonds. The highest BCUT2D eigenvalue weighted by atomic mass is 17.0. The number of hydrogen-bond donors (Lipinski definition) is 4. The van der Waals surface area contributed by atoms with Gasteiger partial charge in [-0.2, -0.15) is 0 Å². The molecule has 0 saturated carbocycles. The molecular weight excluding hydrogens is 88.0 g/mol. The van der Waals surface area contributed by atoms with Gasteiger partial charge in [-0.3, -0.25) is 10.5 Å². The monoisotopic (exact) mass is 96.0 g/mol. The molecule has 0 bridgehead atoms. The molecule has 0 aliphatic rings. The first-order chi connectivity index (χ1) is 2.91. The number of hydrogen-bond acceptors (Lipinski definition) is 4. The van der Waals surface area contributed by atoms with Crippen LogP contribution < -0.4 is 0 Å². The minimum absolute atomic E-state index is 0.125. The Labute approximate surface area is 35.2 Å². The van der Waals surface area contributed by atoms with Crippen LogP contribution in [-0.2, 0) is 0 Å². The van der Waals surface area contributed by atoms with E-state index < -0.39 is 0 Å². The van der Waals surface area contributed by atoms with Gasteiger partial charge in [0.2, 0.25) is 0 Å². The van der Waals surface area contributed by atoms with E-state index in [2.05, 4.69) is 0 Å². The predicted octanol–water partition coefficient (Wildman–Crippen LogP) is -1.01. The minimum Gasteiger partial charge on any atom is -0.394 e. The largest absolute Gasteiger partial charge is 0.394 e. The van der Waals surface area contributed by atoms with Crippen LogP contribution in [0.25, 0.3) is 0 Å². The molecule has 0 unspecified atom stereocenters. The number of aliphatic hydroxyl groups is 2. The van der Waals surface area contributed by atoms with Gasteiger partial charge in [0.25, 0.3) is 0 Å². The van der Waals surface area contributed by atoms with Crippen molar-refractivity contribution < 1.29 is 20.7 Å². The van der Waals surface area contributed by atoms with E-state index in [1.165, 1.54) is 0 Å². The maximum Gasteiger partial charge on any atom is 0.0662 e. The fourth-order valence-corrected chi connectivity index (χ4v) is 0. The Balaban J connectivity index is 0. The molecule has 0 aliphatic carbocycles. The van der Waals surface area contributed by atoms with Gasteiger partial charge < -0.3 is 10.2 Å². The summed E-state index contributed by atoms with van der Waals surface area (Å²) in [6.07, 6.45) is 0. The summed E-state index contributed by atoms with van der Waals surface area (Å²) in [5, 5.41) is 27.2. The van der Waals surface area contributed by atoms with Gasteiger partial charge in [-0.1, -0.05) is 0 Å². The molecule has 6 heavy (non-hydrogen) atoms. The third-order valence-electron chi connectivity index (χ3n) is 0.1000. The Hall–Kier alpha value is -0.160. The van der Waals surface area contributed by atoms with Crippen molar-refractivity contribution in [1.29, 1.82) is 0 Å². The Kier molecular flexibility index (Phi) is 32.6. The molecule has 0 aliphatic heterocycles. The zero-order valence-corrected chi connectivity index (χ0v) is 3.20. The van der Waals surface area contributed by atoms with Crippen molar-refractivity contribution in [2.45, 2.75) is 0 Å². The van der Waals surface area contributed by atoms with Crippen molar-refractivity contribution in [3.05, 3.63) is 0 Å². The molecule has 4 N–H and O–H groups in total. The van der Waals surface area contributed by atoms with Crippen LogP contribution >= 0.6 is 0 Å². The predicted molar refractivity (Wildman–Crippen MR) is 19.4 cm³/mol.